The van der Waals surface area contributed by atoms with Crippen LogP contribution in [0, 0.1) is 0 Å². The summed E-state index contributed by atoms with van der Waals surface area (Å²) in [6.07, 6.45) is 0.267. The van der Waals surface area contributed by atoms with Crippen LogP contribution < -0.4 is 14.8 Å². The van der Waals surface area contributed by atoms with Gasteiger partial charge in [0.15, 0.2) is 11.5 Å². The molecule has 2 heterocycles. The van der Waals surface area contributed by atoms with Crippen LogP contribution in [0.1, 0.15) is 18.5 Å². The van der Waals surface area contributed by atoms with E-state index in [0.717, 1.165) is 37.7 Å². The van der Waals surface area contributed by atoms with Gasteiger partial charge in [-0.05, 0) is 31.7 Å². The van der Waals surface area contributed by atoms with Gasteiger partial charge in [0.05, 0.1) is 12.7 Å². The van der Waals surface area contributed by atoms with Gasteiger partial charge in [-0.2, -0.15) is 0 Å². The SMILES string of the molecule is CC(c1ccc2c(c1)OCCO2)N(C)CC1CNCCO1. The van der Waals surface area contributed by atoms with Crippen molar-refractivity contribution >= 4 is 0 Å². The third-order valence-electron chi connectivity index (χ3n) is 4.21. The summed E-state index contributed by atoms with van der Waals surface area (Å²) in [4.78, 5) is 2.32. The number of nitrogens with one attached hydrogen (secondary N) is 1. The summed E-state index contributed by atoms with van der Waals surface area (Å²) in [5.74, 6) is 1.70. The number of likely N-dealkylation sites (N-methyl/N-ethyl adjacent to an activating group) is 1. The van der Waals surface area contributed by atoms with Crippen molar-refractivity contribution in [3.8, 4) is 11.5 Å². The van der Waals surface area contributed by atoms with Crippen molar-refractivity contribution in [2.45, 2.75) is 19.1 Å². The highest BCUT2D eigenvalue weighted by molar-refractivity contribution is 5.44. The largest absolute Gasteiger partial charge is 0.486 e. The summed E-state index contributed by atoms with van der Waals surface area (Å²) >= 11 is 0. The molecule has 5 nitrogen and oxygen atoms in total. The third-order valence-corrected chi connectivity index (χ3v) is 4.21. The maximum atomic E-state index is 5.78. The van der Waals surface area contributed by atoms with E-state index in [2.05, 4.69) is 36.3 Å². The van der Waals surface area contributed by atoms with E-state index in [4.69, 9.17) is 14.2 Å². The van der Waals surface area contributed by atoms with Crippen molar-refractivity contribution in [1.29, 1.82) is 0 Å². The van der Waals surface area contributed by atoms with E-state index < -0.39 is 0 Å². The van der Waals surface area contributed by atoms with Crippen LogP contribution in [0.5, 0.6) is 11.5 Å². The maximum Gasteiger partial charge on any atom is 0.161 e. The molecule has 0 amide bonds. The first-order valence-electron chi connectivity index (χ1n) is 7.66. The summed E-state index contributed by atoms with van der Waals surface area (Å²) in [7, 11) is 2.14. The molecule has 1 N–H and O–H groups in total. The number of hydrogen-bond acceptors (Lipinski definition) is 5. The standard InChI is InChI=1S/C16H24N2O3/c1-12(18(2)11-14-10-17-5-6-19-14)13-3-4-15-16(9-13)21-8-7-20-15/h3-4,9,12,14,17H,5-8,10-11H2,1-2H3. The van der Waals surface area contributed by atoms with Crippen LogP contribution in [-0.4, -0.2) is 57.5 Å². The molecule has 1 aromatic carbocycles. The molecule has 1 saturated heterocycles. The first-order chi connectivity index (χ1) is 10.2. The Morgan fingerprint density at radius 3 is 2.81 bits per heavy atom. The van der Waals surface area contributed by atoms with Gasteiger partial charge in [0.25, 0.3) is 0 Å². The minimum atomic E-state index is 0.267. The number of rotatable bonds is 4. The van der Waals surface area contributed by atoms with Crippen LogP contribution in [-0.2, 0) is 4.74 Å². The average Bonchev–Trinajstić information content (AvgIpc) is 2.54. The molecule has 2 aliphatic rings. The van der Waals surface area contributed by atoms with Gasteiger partial charge < -0.3 is 19.5 Å². The lowest BCUT2D eigenvalue weighted by atomic mass is 10.1. The smallest absolute Gasteiger partial charge is 0.161 e. The van der Waals surface area contributed by atoms with Crippen LogP contribution in [0.4, 0.5) is 0 Å². The minimum absolute atomic E-state index is 0.267. The van der Waals surface area contributed by atoms with Crippen LogP contribution in [0.15, 0.2) is 18.2 Å². The van der Waals surface area contributed by atoms with Crippen molar-refractivity contribution in [2.24, 2.45) is 0 Å². The Morgan fingerprint density at radius 1 is 1.24 bits per heavy atom. The zero-order valence-electron chi connectivity index (χ0n) is 12.8. The van der Waals surface area contributed by atoms with Crippen molar-refractivity contribution in [2.75, 3.05) is 46.5 Å². The summed E-state index contributed by atoms with van der Waals surface area (Å²) in [6, 6.07) is 6.53. The Morgan fingerprint density at radius 2 is 2.05 bits per heavy atom. The summed E-state index contributed by atoms with van der Waals surface area (Å²) in [6.45, 7) is 7.08. The topological polar surface area (TPSA) is 43.0 Å². The molecule has 0 saturated carbocycles. The van der Waals surface area contributed by atoms with Gasteiger partial charge in [-0.15, -0.1) is 0 Å². The average molecular weight is 292 g/mol. The van der Waals surface area contributed by atoms with Crippen LogP contribution in [0.25, 0.3) is 0 Å². The van der Waals surface area contributed by atoms with Crippen LogP contribution >= 0.6 is 0 Å². The zero-order valence-corrected chi connectivity index (χ0v) is 12.8. The molecule has 5 heteroatoms. The molecule has 0 spiro atoms. The van der Waals surface area contributed by atoms with E-state index in [1.165, 1.54) is 5.56 Å². The number of morpholine rings is 1. The van der Waals surface area contributed by atoms with E-state index in [9.17, 15) is 0 Å². The quantitative estimate of drug-likeness (QED) is 0.909. The Hall–Kier alpha value is -1.30. The predicted octanol–water partition coefficient (Wildman–Crippen LogP) is 1.44. The number of nitrogens with zero attached hydrogens (tertiary/aromatic N) is 1. The van der Waals surface area contributed by atoms with Gasteiger partial charge in [0, 0.05) is 25.7 Å². The van der Waals surface area contributed by atoms with E-state index in [1.54, 1.807) is 0 Å². The molecule has 0 radical (unpaired) electrons. The Balaban J connectivity index is 1.64. The molecule has 116 valence electrons. The molecule has 2 aliphatic heterocycles. The predicted molar refractivity (Wildman–Crippen MR) is 81.1 cm³/mol. The second-order valence-electron chi connectivity index (χ2n) is 5.72. The molecule has 0 aromatic heterocycles. The fourth-order valence-electron chi connectivity index (χ4n) is 2.79. The van der Waals surface area contributed by atoms with Crippen molar-refractivity contribution in [1.82, 2.24) is 10.2 Å². The fourth-order valence-corrected chi connectivity index (χ4v) is 2.79. The molecule has 3 rings (SSSR count). The highest BCUT2D eigenvalue weighted by atomic mass is 16.6. The lowest BCUT2D eigenvalue weighted by molar-refractivity contribution is 0.00390. The molecule has 2 atom stereocenters. The molecule has 0 aliphatic carbocycles. The van der Waals surface area contributed by atoms with Gasteiger partial charge >= 0.3 is 0 Å². The van der Waals surface area contributed by atoms with Crippen molar-refractivity contribution < 1.29 is 14.2 Å². The number of fused-ring (bicyclic) bond motifs is 1. The monoisotopic (exact) mass is 292 g/mol. The normalized spacial score (nSPS) is 23.1. The molecule has 1 fully saturated rings. The Bertz CT molecular complexity index is 475. The van der Waals surface area contributed by atoms with Crippen molar-refractivity contribution in [3.63, 3.8) is 0 Å². The van der Waals surface area contributed by atoms with E-state index in [1.807, 2.05) is 6.07 Å². The lowest BCUT2D eigenvalue weighted by Gasteiger charge is -2.32. The number of hydrogen-bond donors (Lipinski definition) is 1. The summed E-state index contributed by atoms with van der Waals surface area (Å²) in [5, 5.41) is 3.37. The second kappa shape index (κ2) is 6.64. The van der Waals surface area contributed by atoms with Gasteiger partial charge in [-0.3, -0.25) is 4.90 Å². The lowest BCUT2D eigenvalue weighted by Crippen LogP contribution is -2.44. The molecule has 21 heavy (non-hydrogen) atoms. The van der Waals surface area contributed by atoms with Gasteiger partial charge in [-0.25, -0.2) is 0 Å². The Labute approximate surface area is 126 Å². The van der Waals surface area contributed by atoms with E-state index in [-0.39, 0.29) is 6.10 Å². The second-order valence-corrected chi connectivity index (χ2v) is 5.72. The minimum Gasteiger partial charge on any atom is -0.486 e. The van der Waals surface area contributed by atoms with Gasteiger partial charge in [0.2, 0.25) is 0 Å². The fraction of sp³-hybridized carbons (Fsp3) is 0.625. The maximum absolute atomic E-state index is 5.78. The molecule has 0 bridgehead atoms. The third kappa shape index (κ3) is 3.48. The van der Waals surface area contributed by atoms with Crippen LogP contribution in [0.2, 0.25) is 0 Å². The first kappa shape index (κ1) is 14.6. The molecular formula is C16H24N2O3. The van der Waals surface area contributed by atoms with E-state index >= 15 is 0 Å². The molecule has 1 aromatic rings. The van der Waals surface area contributed by atoms with Gasteiger partial charge in [0.1, 0.15) is 13.2 Å². The summed E-state index contributed by atoms with van der Waals surface area (Å²) in [5.41, 5.74) is 1.24. The van der Waals surface area contributed by atoms with E-state index in [0.29, 0.717) is 19.3 Å². The number of benzene rings is 1. The first-order valence-corrected chi connectivity index (χ1v) is 7.66. The van der Waals surface area contributed by atoms with Gasteiger partial charge in [-0.1, -0.05) is 6.07 Å². The number of ether oxygens (including phenoxy) is 3. The van der Waals surface area contributed by atoms with Crippen LogP contribution in [0.3, 0.4) is 0 Å². The Kier molecular flexibility index (Phi) is 4.63. The molecular weight excluding hydrogens is 268 g/mol. The highest BCUT2D eigenvalue weighted by Gasteiger charge is 2.21. The molecule has 2 unspecified atom stereocenters. The summed E-state index contributed by atoms with van der Waals surface area (Å²) < 4.78 is 17.0. The highest BCUT2D eigenvalue weighted by Crippen LogP contribution is 2.33. The zero-order chi connectivity index (χ0) is 14.7. The van der Waals surface area contributed by atoms with Crippen molar-refractivity contribution in [3.05, 3.63) is 23.8 Å².